The van der Waals surface area contributed by atoms with Gasteiger partial charge < -0.3 is 0 Å². The van der Waals surface area contributed by atoms with Crippen LogP contribution in [0, 0.1) is 15.9 Å². The Labute approximate surface area is 129 Å². The number of nitrogens with zero attached hydrogens (tertiary/aromatic N) is 2. The summed E-state index contributed by atoms with van der Waals surface area (Å²) in [4.78, 5) is 24.2. The van der Waals surface area contributed by atoms with E-state index in [1.807, 2.05) is 0 Å². The Hall–Kier alpha value is -2.41. The number of nitro groups is 1. The van der Waals surface area contributed by atoms with Crippen LogP contribution in [0.2, 0.25) is 0 Å². The van der Waals surface area contributed by atoms with Crippen LogP contribution in [-0.4, -0.2) is 16.6 Å². The molecule has 0 radical (unpaired) electrons. The molecule has 2 aromatic rings. The number of nitro benzene ring substituents is 1. The fourth-order valence-electron chi connectivity index (χ4n) is 2.42. The summed E-state index contributed by atoms with van der Waals surface area (Å²) < 4.78 is 14.0. The maximum atomic E-state index is 14.0. The van der Waals surface area contributed by atoms with Gasteiger partial charge in [0.15, 0.2) is 0 Å². The summed E-state index contributed by atoms with van der Waals surface area (Å²) in [5, 5.41) is 10.6. The molecule has 0 N–H and O–H groups in total. The van der Waals surface area contributed by atoms with E-state index in [2.05, 4.69) is 0 Å². The van der Waals surface area contributed by atoms with Gasteiger partial charge in [0, 0.05) is 6.07 Å². The highest BCUT2D eigenvalue weighted by molar-refractivity contribution is 8.00. The van der Waals surface area contributed by atoms with E-state index in [0.717, 1.165) is 0 Å². The van der Waals surface area contributed by atoms with Crippen molar-refractivity contribution in [2.45, 2.75) is 5.37 Å². The molecule has 1 fully saturated rings. The molecule has 22 heavy (non-hydrogen) atoms. The maximum absolute atomic E-state index is 14.0. The highest BCUT2D eigenvalue weighted by Crippen LogP contribution is 2.45. The average molecular weight is 318 g/mol. The number of amides is 1. The van der Waals surface area contributed by atoms with Gasteiger partial charge in [0.25, 0.3) is 5.69 Å². The minimum atomic E-state index is -0.606. The topological polar surface area (TPSA) is 63.4 Å². The summed E-state index contributed by atoms with van der Waals surface area (Å²) in [6.07, 6.45) is 0. The molecule has 1 saturated heterocycles. The van der Waals surface area contributed by atoms with E-state index in [1.165, 1.54) is 40.9 Å². The fraction of sp³-hybridized carbons (Fsp3) is 0.133. The average Bonchev–Trinajstić information content (AvgIpc) is 2.89. The number of carbonyl (C=O) groups is 1. The van der Waals surface area contributed by atoms with Gasteiger partial charge in [0.2, 0.25) is 5.91 Å². The van der Waals surface area contributed by atoms with Crippen molar-refractivity contribution in [3.8, 4) is 0 Å². The van der Waals surface area contributed by atoms with E-state index >= 15 is 0 Å². The summed E-state index contributed by atoms with van der Waals surface area (Å²) in [6.45, 7) is 0. The van der Waals surface area contributed by atoms with E-state index in [-0.39, 0.29) is 23.0 Å². The third kappa shape index (κ3) is 2.43. The first-order valence-electron chi connectivity index (χ1n) is 6.51. The number of hydrogen-bond donors (Lipinski definition) is 0. The molecule has 0 unspecified atom stereocenters. The van der Waals surface area contributed by atoms with Gasteiger partial charge in [-0.1, -0.05) is 24.3 Å². The van der Waals surface area contributed by atoms with Crippen molar-refractivity contribution < 1.29 is 14.1 Å². The third-order valence-corrected chi connectivity index (χ3v) is 4.57. The van der Waals surface area contributed by atoms with Gasteiger partial charge >= 0.3 is 0 Å². The Kier molecular flexibility index (Phi) is 3.81. The Morgan fingerprint density at radius 2 is 1.86 bits per heavy atom. The molecule has 2 aromatic carbocycles. The highest BCUT2D eigenvalue weighted by Gasteiger charge is 2.38. The quantitative estimate of drug-likeness (QED) is 0.642. The predicted octanol–water partition coefficient (Wildman–Crippen LogP) is 3.51. The van der Waals surface area contributed by atoms with Crippen molar-refractivity contribution in [3.05, 3.63) is 70.0 Å². The molecule has 0 bridgehead atoms. The van der Waals surface area contributed by atoms with Gasteiger partial charge in [-0.2, -0.15) is 0 Å². The number of halogens is 1. The number of para-hydroxylation sites is 2. The SMILES string of the molecule is O=C1CS[C@@H](c2ccccc2[N+](=O)[O-])N1c1ccccc1F. The van der Waals surface area contributed by atoms with Crippen LogP contribution >= 0.6 is 11.8 Å². The van der Waals surface area contributed by atoms with Crippen LogP contribution in [0.25, 0.3) is 0 Å². The van der Waals surface area contributed by atoms with Crippen LogP contribution in [0.4, 0.5) is 15.8 Å². The van der Waals surface area contributed by atoms with Crippen LogP contribution in [0.15, 0.2) is 48.5 Å². The molecule has 0 aromatic heterocycles. The lowest BCUT2D eigenvalue weighted by atomic mass is 10.1. The molecule has 1 aliphatic rings. The third-order valence-electron chi connectivity index (χ3n) is 3.38. The molecule has 1 amide bonds. The molecule has 1 heterocycles. The number of carbonyl (C=O) groups excluding carboxylic acids is 1. The molecule has 3 rings (SSSR count). The number of rotatable bonds is 3. The predicted molar refractivity (Wildman–Crippen MR) is 82.2 cm³/mol. The molecule has 5 nitrogen and oxygen atoms in total. The second kappa shape index (κ2) is 5.76. The van der Waals surface area contributed by atoms with Crippen LogP contribution in [-0.2, 0) is 4.79 Å². The lowest BCUT2D eigenvalue weighted by Crippen LogP contribution is -2.29. The monoisotopic (exact) mass is 318 g/mol. The fourth-order valence-corrected chi connectivity index (χ4v) is 3.62. The zero-order valence-corrected chi connectivity index (χ0v) is 12.1. The van der Waals surface area contributed by atoms with Crippen molar-refractivity contribution in [2.24, 2.45) is 0 Å². The number of anilines is 1. The van der Waals surface area contributed by atoms with Crippen molar-refractivity contribution in [1.82, 2.24) is 0 Å². The first kappa shape index (κ1) is 14.5. The molecule has 1 aliphatic heterocycles. The van der Waals surface area contributed by atoms with Crippen molar-refractivity contribution >= 4 is 29.0 Å². The summed E-state index contributed by atoms with van der Waals surface area (Å²) in [5.41, 5.74) is 0.461. The van der Waals surface area contributed by atoms with E-state index in [0.29, 0.717) is 5.56 Å². The lowest BCUT2D eigenvalue weighted by molar-refractivity contribution is -0.385. The molecular formula is C15H11FN2O3S. The van der Waals surface area contributed by atoms with Gasteiger partial charge in [-0.3, -0.25) is 19.8 Å². The van der Waals surface area contributed by atoms with E-state index in [9.17, 15) is 19.3 Å². The molecule has 0 aliphatic carbocycles. The van der Waals surface area contributed by atoms with E-state index in [4.69, 9.17) is 0 Å². The smallest absolute Gasteiger partial charge is 0.275 e. The second-order valence-corrected chi connectivity index (χ2v) is 5.76. The Morgan fingerprint density at radius 1 is 1.18 bits per heavy atom. The molecule has 112 valence electrons. The molecule has 0 spiro atoms. The minimum Gasteiger partial charge on any atom is -0.292 e. The van der Waals surface area contributed by atoms with Gasteiger partial charge in [0.1, 0.15) is 11.2 Å². The van der Waals surface area contributed by atoms with Crippen LogP contribution < -0.4 is 4.90 Å². The van der Waals surface area contributed by atoms with Gasteiger partial charge in [-0.25, -0.2) is 4.39 Å². The minimum absolute atomic E-state index is 0.0731. The Bertz CT molecular complexity index is 753. The highest BCUT2D eigenvalue weighted by atomic mass is 32.2. The largest absolute Gasteiger partial charge is 0.292 e. The Balaban J connectivity index is 2.09. The van der Waals surface area contributed by atoms with Crippen LogP contribution in [0.3, 0.4) is 0 Å². The van der Waals surface area contributed by atoms with Crippen molar-refractivity contribution in [3.63, 3.8) is 0 Å². The summed E-state index contributed by atoms with van der Waals surface area (Å²) >= 11 is 1.25. The van der Waals surface area contributed by atoms with Crippen molar-refractivity contribution in [2.75, 3.05) is 10.7 Å². The van der Waals surface area contributed by atoms with Crippen LogP contribution in [0.5, 0.6) is 0 Å². The molecule has 7 heteroatoms. The van der Waals surface area contributed by atoms with Gasteiger partial charge in [-0.05, 0) is 18.2 Å². The summed E-state index contributed by atoms with van der Waals surface area (Å²) in [7, 11) is 0. The zero-order valence-electron chi connectivity index (χ0n) is 11.3. The zero-order chi connectivity index (χ0) is 15.7. The van der Waals surface area contributed by atoms with Crippen molar-refractivity contribution in [1.29, 1.82) is 0 Å². The normalized spacial score (nSPS) is 17.8. The Morgan fingerprint density at radius 3 is 2.59 bits per heavy atom. The van der Waals surface area contributed by atoms with Crippen LogP contribution in [0.1, 0.15) is 10.9 Å². The van der Waals surface area contributed by atoms with Gasteiger partial charge in [0.05, 0.1) is 21.9 Å². The standard InChI is InChI=1S/C15H11FN2O3S/c16-11-6-2-4-8-13(11)17-14(19)9-22-15(17)10-5-1-3-7-12(10)18(20)21/h1-8,15H,9H2/t15-/m0/s1. The summed E-state index contributed by atoms with van der Waals surface area (Å²) in [6, 6.07) is 12.2. The number of hydrogen-bond acceptors (Lipinski definition) is 4. The van der Waals surface area contributed by atoms with Gasteiger partial charge in [-0.15, -0.1) is 11.8 Å². The first-order valence-corrected chi connectivity index (χ1v) is 7.56. The number of thioether (sulfide) groups is 1. The molecule has 0 saturated carbocycles. The maximum Gasteiger partial charge on any atom is 0.275 e. The first-order chi connectivity index (χ1) is 10.6. The van der Waals surface area contributed by atoms with E-state index in [1.54, 1.807) is 24.3 Å². The summed E-state index contributed by atoms with van der Waals surface area (Å²) in [5.74, 6) is -0.634. The van der Waals surface area contributed by atoms with E-state index < -0.39 is 16.1 Å². The molecular weight excluding hydrogens is 307 g/mol. The number of benzene rings is 2. The second-order valence-electron chi connectivity index (χ2n) is 4.69. The molecule has 1 atom stereocenters. The lowest BCUT2D eigenvalue weighted by Gasteiger charge is -2.24.